The molecule has 32 heavy (non-hydrogen) atoms. The quantitative estimate of drug-likeness (QED) is 0.405. The van der Waals surface area contributed by atoms with Crippen LogP contribution in [0.1, 0.15) is 19.2 Å². The van der Waals surface area contributed by atoms with Crippen molar-refractivity contribution in [3.05, 3.63) is 48.4 Å². The lowest BCUT2D eigenvalue weighted by atomic mass is 10.2. The standard InChI is InChI=1S/C22H27N7O2S/c1-4-21(31)29(3)14-20(30)24-11-10-23-18-12-19(27-15(2)26-18)28-22-25-13-17(32-22)16-8-6-5-7-9-16/h5-9,12-13H,4,10-11,14H2,1-3H3,(H,24,30)(H2,23,25,26,27,28). The highest BCUT2D eigenvalue weighted by molar-refractivity contribution is 7.18. The molecule has 0 radical (unpaired) electrons. The third-order valence-electron chi connectivity index (χ3n) is 4.50. The summed E-state index contributed by atoms with van der Waals surface area (Å²) in [6.07, 6.45) is 2.22. The van der Waals surface area contributed by atoms with Crippen molar-refractivity contribution in [1.29, 1.82) is 0 Å². The molecule has 0 aliphatic carbocycles. The minimum atomic E-state index is -0.199. The lowest BCUT2D eigenvalue weighted by molar-refractivity contribution is -0.134. The number of carbonyl (C=O) groups is 2. The van der Waals surface area contributed by atoms with Gasteiger partial charge in [0.05, 0.1) is 11.4 Å². The normalized spacial score (nSPS) is 10.5. The van der Waals surface area contributed by atoms with Gasteiger partial charge in [0.2, 0.25) is 11.8 Å². The summed E-state index contributed by atoms with van der Waals surface area (Å²) in [5.74, 6) is 1.63. The van der Waals surface area contributed by atoms with Crippen molar-refractivity contribution >= 4 is 39.9 Å². The van der Waals surface area contributed by atoms with Crippen LogP contribution in [0.15, 0.2) is 42.6 Å². The number of aromatic nitrogens is 3. The Bertz CT molecular complexity index is 1060. The topological polar surface area (TPSA) is 112 Å². The second-order valence-electron chi connectivity index (χ2n) is 7.09. The number of aryl methyl sites for hydroxylation is 1. The zero-order valence-corrected chi connectivity index (χ0v) is 19.2. The van der Waals surface area contributed by atoms with Crippen LogP contribution in [0.25, 0.3) is 10.4 Å². The molecule has 2 amide bonds. The number of nitrogens with one attached hydrogen (secondary N) is 3. The number of nitrogens with zero attached hydrogens (tertiary/aromatic N) is 4. The van der Waals surface area contributed by atoms with Crippen LogP contribution in [0.2, 0.25) is 0 Å². The molecule has 9 nitrogen and oxygen atoms in total. The summed E-state index contributed by atoms with van der Waals surface area (Å²) in [7, 11) is 1.62. The number of hydrogen-bond acceptors (Lipinski definition) is 8. The summed E-state index contributed by atoms with van der Waals surface area (Å²) in [5.41, 5.74) is 1.12. The summed E-state index contributed by atoms with van der Waals surface area (Å²) < 4.78 is 0. The van der Waals surface area contributed by atoms with E-state index in [9.17, 15) is 9.59 Å². The van der Waals surface area contributed by atoms with Crippen LogP contribution in [0.4, 0.5) is 16.8 Å². The van der Waals surface area contributed by atoms with Crippen molar-refractivity contribution < 1.29 is 9.59 Å². The number of likely N-dealkylation sites (N-methyl/N-ethyl adjacent to an activating group) is 1. The van der Waals surface area contributed by atoms with E-state index in [1.165, 1.54) is 4.90 Å². The zero-order valence-electron chi connectivity index (χ0n) is 18.4. The molecule has 0 fully saturated rings. The molecule has 0 aliphatic rings. The van der Waals surface area contributed by atoms with Crippen LogP contribution in [0, 0.1) is 6.92 Å². The fourth-order valence-corrected chi connectivity index (χ4v) is 3.75. The van der Waals surface area contributed by atoms with E-state index in [-0.39, 0.29) is 18.4 Å². The monoisotopic (exact) mass is 453 g/mol. The molecular weight excluding hydrogens is 426 g/mol. The molecule has 0 bridgehead atoms. The number of thiazole rings is 1. The van der Waals surface area contributed by atoms with Crippen LogP contribution in [-0.4, -0.2) is 58.3 Å². The average molecular weight is 454 g/mol. The first kappa shape index (κ1) is 23.1. The molecule has 1 aromatic carbocycles. The van der Waals surface area contributed by atoms with Crippen molar-refractivity contribution in [3.63, 3.8) is 0 Å². The van der Waals surface area contributed by atoms with Gasteiger partial charge in [0, 0.05) is 38.8 Å². The molecule has 168 valence electrons. The van der Waals surface area contributed by atoms with Crippen molar-refractivity contribution in [2.24, 2.45) is 0 Å². The molecular formula is C22H27N7O2S. The van der Waals surface area contributed by atoms with Gasteiger partial charge in [-0.05, 0) is 12.5 Å². The molecule has 3 rings (SSSR count). The minimum absolute atomic E-state index is 0.0478. The van der Waals surface area contributed by atoms with Crippen molar-refractivity contribution in [2.45, 2.75) is 20.3 Å². The highest BCUT2D eigenvalue weighted by atomic mass is 32.1. The molecule has 2 heterocycles. The van der Waals surface area contributed by atoms with Gasteiger partial charge in [0.25, 0.3) is 0 Å². The van der Waals surface area contributed by atoms with Gasteiger partial charge in [-0.1, -0.05) is 48.6 Å². The Balaban J connectivity index is 1.51. The highest BCUT2D eigenvalue weighted by Gasteiger charge is 2.11. The molecule has 0 saturated carbocycles. The van der Waals surface area contributed by atoms with Crippen molar-refractivity contribution in [1.82, 2.24) is 25.2 Å². The molecule has 0 spiro atoms. The minimum Gasteiger partial charge on any atom is -0.368 e. The Morgan fingerprint density at radius 1 is 1.09 bits per heavy atom. The summed E-state index contributed by atoms with van der Waals surface area (Å²) in [6.45, 7) is 4.53. The van der Waals surface area contributed by atoms with Crippen LogP contribution in [0.5, 0.6) is 0 Å². The molecule has 10 heteroatoms. The Hall–Kier alpha value is -3.53. The van der Waals surface area contributed by atoms with Gasteiger partial charge < -0.3 is 20.9 Å². The number of carbonyl (C=O) groups excluding carboxylic acids is 2. The van der Waals surface area contributed by atoms with Gasteiger partial charge in [-0.2, -0.15) is 0 Å². The maximum atomic E-state index is 11.9. The maximum absolute atomic E-state index is 11.9. The Morgan fingerprint density at radius 2 is 1.84 bits per heavy atom. The number of amides is 2. The zero-order chi connectivity index (χ0) is 22.9. The van der Waals surface area contributed by atoms with E-state index in [4.69, 9.17) is 0 Å². The van der Waals surface area contributed by atoms with E-state index >= 15 is 0 Å². The van der Waals surface area contributed by atoms with Gasteiger partial charge in [0.15, 0.2) is 5.13 Å². The van der Waals surface area contributed by atoms with Crippen LogP contribution < -0.4 is 16.0 Å². The third-order valence-corrected chi connectivity index (χ3v) is 5.46. The van der Waals surface area contributed by atoms with E-state index in [0.717, 1.165) is 15.6 Å². The second kappa shape index (κ2) is 11.2. The van der Waals surface area contributed by atoms with Gasteiger partial charge in [-0.25, -0.2) is 15.0 Å². The lowest BCUT2D eigenvalue weighted by Crippen LogP contribution is -2.39. The first-order valence-electron chi connectivity index (χ1n) is 10.3. The lowest BCUT2D eigenvalue weighted by Gasteiger charge is -2.16. The molecule has 3 N–H and O–H groups in total. The number of anilines is 3. The van der Waals surface area contributed by atoms with Crippen molar-refractivity contribution in [2.75, 3.05) is 37.3 Å². The number of rotatable bonds is 10. The van der Waals surface area contributed by atoms with Crippen LogP contribution in [-0.2, 0) is 9.59 Å². The largest absolute Gasteiger partial charge is 0.368 e. The Kier molecular flexibility index (Phi) is 8.09. The van der Waals surface area contributed by atoms with E-state index in [1.807, 2.05) is 43.5 Å². The highest BCUT2D eigenvalue weighted by Crippen LogP contribution is 2.30. The fourth-order valence-electron chi connectivity index (χ4n) is 2.92. The van der Waals surface area contributed by atoms with E-state index in [2.05, 4.69) is 30.9 Å². The predicted molar refractivity (Wildman–Crippen MR) is 127 cm³/mol. The molecule has 3 aromatic rings. The Morgan fingerprint density at radius 3 is 2.59 bits per heavy atom. The molecule has 0 saturated heterocycles. The predicted octanol–water partition coefficient (Wildman–Crippen LogP) is 3.05. The van der Waals surface area contributed by atoms with E-state index < -0.39 is 0 Å². The number of benzene rings is 1. The second-order valence-corrected chi connectivity index (χ2v) is 8.12. The van der Waals surface area contributed by atoms with Crippen molar-refractivity contribution in [3.8, 4) is 10.4 Å². The van der Waals surface area contributed by atoms with E-state index in [1.54, 1.807) is 31.4 Å². The van der Waals surface area contributed by atoms with Gasteiger partial charge in [0.1, 0.15) is 17.5 Å². The van der Waals surface area contributed by atoms with E-state index in [0.29, 0.717) is 37.0 Å². The summed E-state index contributed by atoms with van der Waals surface area (Å²) >= 11 is 1.55. The maximum Gasteiger partial charge on any atom is 0.239 e. The molecule has 0 aliphatic heterocycles. The first-order valence-corrected chi connectivity index (χ1v) is 11.1. The SMILES string of the molecule is CCC(=O)N(C)CC(=O)NCCNc1cc(Nc2ncc(-c3ccccc3)s2)nc(C)n1. The third kappa shape index (κ3) is 6.74. The Labute approximate surface area is 191 Å². The first-order chi connectivity index (χ1) is 15.4. The summed E-state index contributed by atoms with van der Waals surface area (Å²) in [5, 5.41) is 9.94. The molecule has 0 atom stereocenters. The summed E-state index contributed by atoms with van der Waals surface area (Å²) in [4.78, 5) is 39.2. The van der Waals surface area contributed by atoms with Gasteiger partial charge in [-0.15, -0.1) is 0 Å². The van der Waals surface area contributed by atoms with Gasteiger partial charge >= 0.3 is 0 Å². The average Bonchev–Trinajstić information content (AvgIpc) is 3.24. The van der Waals surface area contributed by atoms with Crippen LogP contribution >= 0.6 is 11.3 Å². The van der Waals surface area contributed by atoms with Crippen LogP contribution in [0.3, 0.4) is 0 Å². The number of hydrogen-bond donors (Lipinski definition) is 3. The molecule has 0 unspecified atom stereocenters. The summed E-state index contributed by atoms with van der Waals surface area (Å²) in [6, 6.07) is 11.9. The smallest absolute Gasteiger partial charge is 0.239 e. The molecule has 2 aromatic heterocycles. The fraction of sp³-hybridized carbons (Fsp3) is 0.318. The van der Waals surface area contributed by atoms with Gasteiger partial charge in [-0.3, -0.25) is 9.59 Å².